The molecule has 2 rings (SSSR count). The van der Waals surface area contributed by atoms with E-state index < -0.39 is 0 Å². The van der Waals surface area contributed by atoms with Crippen LogP contribution in [0.3, 0.4) is 0 Å². The fraction of sp³-hybridized carbons (Fsp3) is 0.231. The van der Waals surface area contributed by atoms with Gasteiger partial charge in [-0.2, -0.15) is 0 Å². The van der Waals surface area contributed by atoms with Crippen LogP contribution in [0.5, 0.6) is 0 Å². The quantitative estimate of drug-likeness (QED) is 0.901. The van der Waals surface area contributed by atoms with Crippen LogP contribution in [0.4, 0.5) is 5.82 Å². The molecular formula is C13H14ClN3O. The minimum Gasteiger partial charge on any atom is -0.380 e. The molecule has 4 nitrogen and oxygen atoms in total. The Morgan fingerprint density at radius 1 is 1.28 bits per heavy atom. The summed E-state index contributed by atoms with van der Waals surface area (Å²) in [7, 11) is 1.69. The molecule has 0 amide bonds. The third-order valence-corrected chi connectivity index (χ3v) is 2.56. The molecule has 0 fully saturated rings. The first-order valence-corrected chi connectivity index (χ1v) is 5.94. The molecule has 0 spiro atoms. The molecule has 1 heterocycles. The Labute approximate surface area is 111 Å². The molecule has 5 heteroatoms. The number of anilines is 1. The van der Waals surface area contributed by atoms with Crippen molar-refractivity contribution in [3.63, 3.8) is 0 Å². The maximum absolute atomic E-state index is 5.76. The lowest BCUT2D eigenvalue weighted by molar-refractivity contribution is 0.185. The van der Waals surface area contributed by atoms with E-state index in [0.29, 0.717) is 24.1 Å². The molecular weight excluding hydrogens is 250 g/mol. The van der Waals surface area contributed by atoms with E-state index in [4.69, 9.17) is 16.3 Å². The van der Waals surface area contributed by atoms with E-state index in [1.165, 1.54) is 6.20 Å². The number of rotatable bonds is 5. The molecule has 18 heavy (non-hydrogen) atoms. The second-order valence-corrected chi connectivity index (χ2v) is 4.22. The van der Waals surface area contributed by atoms with Crippen molar-refractivity contribution in [3.8, 4) is 0 Å². The van der Waals surface area contributed by atoms with Crippen molar-refractivity contribution in [2.45, 2.75) is 13.2 Å². The summed E-state index contributed by atoms with van der Waals surface area (Å²) in [6, 6.07) is 8.18. The molecule has 0 unspecified atom stereocenters. The number of aromatic nitrogens is 2. The van der Waals surface area contributed by atoms with E-state index in [0.717, 1.165) is 11.1 Å². The first-order valence-electron chi connectivity index (χ1n) is 5.56. The van der Waals surface area contributed by atoms with Crippen molar-refractivity contribution in [1.82, 2.24) is 9.97 Å². The highest BCUT2D eigenvalue weighted by Crippen LogP contribution is 2.10. The fourth-order valence-electron chi connectivity index (χ4n) is 1.62. The fourth-order valence-corrected chi connectivity index (χ4v) is 1.76. The third-order valence-electron chi connectivity index (χ3n) is 2.38. The van der Waals surface area contributed by atoms with Gasteiger partial charge in [0.05, 0.1) is 19.0 Å². The second kappa shape index (κ2) is 6.33. The molecule has 1 aromatic heterocycles. The average Bonchev–Trinajstić information content (AvgIpc) is 2.37. The van der Waals surface area contributed by atoms with Gasteiger partial charge in [-0.3, -0.25) is 4.98 Å². The number of hydrogen-bond acceptors (Lipinski definition) is 4. The Balaban J connectivity index is 1.99. The van der Waals surface area contributed by atoms with E-state index in [-0.39, 0.29) is 0 Å². The molecule has 0 bridgehead atoms. The molecule has 1 N–H and O–H groups in total. The van der Waals surface area contributed by atoms with E-state index in [2.05, 4.69) is 21.4 Å². The van der Waals surface area contributed by atoms with E-state index >= 15 is 0 Å². The highest BCUT2D eigenvalue weighted by molar-refractivity contribution is 6.29. The highest BCUT2D eigenvalue weighted by atomic mass is 35.5. The van der Waals surface area contributed by atoms with Crippen molar-refractivity contribution < 1.29 is 4.74 Å². The SMILES string of the molecule is COCc1cccc(CNc2cncc(Cl)n2)c1. The molecule has 0 saturated heterocycles. The highest BCUT2D eigenvalue weighted by Gasteiger charge is 1.98. The zero-order valence-electron chi connectivity index (χ0n) is 10.1. The smallest absolute Gasteiger partial charge is 0.149 e. The number of halogens is 1. The number of nitrogens with one attached hydrogen (secondary N) is 1. The van der Waals surface area contributed by atoms with Crippen molar-refractivity contribution in [2.75, 3.05) is 12.4 Å². The van der Waals surface area contributed by atoms with Crippen LogP contribution in [0.25, 0.3) is 0 Å². The molecule has 1 aromatic carbocycles. The van der Waals surface area contributed by atoms with Crippen molar-refractivity contribution in [1.29, 1.82) is 0 Å². The molecule has 0 aliphatic rings. The zero-order chi connectivity index (χ0) is 12.8. The zero-order valence-corrected chi connectivity index (χ0v) is 10.8. The number of hydrogen-bond donors (Lipinski definition) is 1. The Morgan fingerprint density at radius 3 is 2.89 bits per heavy atom. The topological polar surface area (TPSA) is 47.0 Å². The largest absolute Gasteiger partial charge is 0.380 e. The summed E-state index contributed by atoms with van der Waals surface area (Å²) >= 11 is 5.76. The molecule has 94 valence electrons. The predicted octanol–water partition coefficient (Wildman–Crippen LogP) is 2.89. The van der Waals surface area contributed by atoms with Crippen LogP contribution >= 0.6 is 11.6 Å². The summed E-state index contributed by atoms with van der Waals surface area (Å²) in [6.45, 7) is 1.29. The van der Waals surface area contributed by atoms with Gasteiger partial charge >= 0.3 is 0 Å². The van der Waals surface area contributed by atoms with Gasteiger partial charge in [-0.05, 0) is 11.1 Å². The summed E-state index contributed by atoms with van der Waals surface area (Å²) in [5, 5.41) is 3.55. The Morgan fingerprint density at radius 2 is 2.11 bits per heavy atom. The minimum atomic E-state index is 0.383. The van der Waals surface area contributed by atoms with Crippen LogP contribution in [0, 0.1) is 0 Å². The van der Waals surface area contributed by atoms with E-state index in [1.54, 1.807) is 13.3 Å². The van der Waals surface area contributed by atoms with Crippen molar-refractivity contribution >= 4 is 17.4 Å². The van der Waals surface area contributed by atoms with Gasteiger partial charge in [0, 0.05) is 13.7 Å². The predicted molar refractivity (Wildman–Crippen MR) is 71.5 cm³/mol. The molecule has 0 aliphatic carbocycles. The number of methoxy groups -OCH3 is 1. The van der Waals surface area contributed by atoms with E-state index in [1.807, 2.05) is 18.2 Å². The van der Waals surface area contributed by atoms with Gasteiger partial charge in [0.1, 0.15) is 11.0 Å². The van der Waals surface area contributed by atoms with Gasteiger partial charge in [-0.1, -0.05) is 35.9 Å². The Bertz CT molecular complexity index is 519. The van der Waals surface area contributed by atoms with Crippen molar-refractivity contribution in [3.05, 3.63) is 52.9 Å². The normalized spacial score (nSPS) is 10.3. The van der Waals surface area contributed by atoms with Gasteiger partial charge in [-0.25, -0.2) is 4.98 Å². The first kappa shape index (κ1) is 12.8. The van der Waals surface area contributed by atoms with Crippen LogP contribution < -0.4 is 5.32 Å². The Kier molecular flexibility index (Phi) is 4.50. The van der Waals surface area contributed by atoms with Gasteiger partial charge < -0.3 is 10.1 Å². The Hall–Kier alpha value is -1.65. The summed E-state index contributed by atoms with van der Waals surface area (Å²) in [4.78, 5) is 8.08. The summed E-state index contributed by atoms with van der Waals surface area (Å²) in [5.41, 5.74) is 2.31. The molecule has 0 atom stereocenters. The van der Waals surface area contributed by atoms with Gasteiger partial charge in [0.15, 0.2) is 0 Å². The van der Waals surface area contributed by atoms with Gasteiger partial charge in [-0.15, -0.1) is 0 Å². The van der Waals surface area contributed by atoms with Crippen LogP contribution in [-0.4, -0.2) is 17.1 Å². The summed E-state index contributed by atoms with van der Waals surface area (Å²) in [5.74, 6) is 0.666. The average molecular weight is 264 g/mol. The lowest BCUT2D eigenvalue weighted by Crippen LogP contribution is -2.02. The molecule has 2 aromatic rings. The van der Waals surface area contributed by atoms with Crippen LogP contribution in [0.2, 0.25) is 5.15 Å². The lowest BCUT2D eigenvalue weighted by atomic mass is 10.1. The molecule has 0 saturated carbocycles. The van der Waals surface area contributed by atoms with Crippen molar-refractivity contribution in [2.24, 2.45) is 0 Å². The second-order valence-electron chi connectivity index (χ2n) is 3.83. The van der Waals surface area contributed by atoms with Gasteiger partial charge in [0.2, 0.25) is 0 Å². The van der Waals surface area contributed by atoms with Gasteiger partial charge in [0.25, 0.3) is 0 Å². The number of benzene rings is 1. The monoisotopic (exact) mass is 263 g/mol. The third kappa shape index (κ3) is 3.68. The lowest BCUT2D eigenvalue weighted by Gasteiger charge is -2.07. The molecule has 0 aliphatic heterocycles. The standard InChI is InChI=1S/C13H14ClN3O/c1-18-9-11-4-2-3-10(5-11)6-16-13-8-15-7-12(14)17-13/h2-5,7-8H,6,9H2,1H3,(H,16,17). The number of ether oxygens (including phenoxy) is 1. The summed E-state index contributed by atoms with van der Waals surface area (Å²) in [6.07, 6.45) is 3.15. The minimum absolute atomic E-state index is 0.383. The maximum Gasteiger partial charge on any atom is 0.149 e. The van der Waals surface area contributed by atoms with Crippen LogP contribution in [-0.2, 0) is 17.9 Å². The van der Waals surface area contributed by atoms with Crippen LogP contribution in [0.1, 0.15) is 11.1 Å². The maximum atomic E-state index is 5.76. The van der Waals surface area contributed by atoms with Crippen LogP contribution in [0.15, 0.2) is 36.7 Å². The van der Waals surface area contributed by atoms with E-state index in [9.17, 15) is 0 Å². The summed E-state index contributed by atoms with van der Waals surface area (Å²) < 4.78 is 5.10. The molecule has 0 radical (unpaired) electrons. The number of nitrogens with zero attached hydrogens (tertiary/aromatic N) is 2. The first-order chi connectivity index (χ1) is 8.78.